The Kier molecular flexibility index (Phi) is 7.29. The monoisotopic (exact) mass is 314 g/mol. The third kappa shape index (κ3) is 5.25. The molecule has 1 aliphatic rings. The average Bonchev–Trinajstić information content (AvgIpc) is 2.47. The van der Waals surface area contributed by atoms with Crippen molar-refractivity contribution >= 4 is 11.9 Å². The number of hydrogen-bond donors (Lipinski definition) is 4. The Morgan fingerprint density at radius 1 is 1.27 bits per heavy atom. The summed E-state index contributed by atoms with van der Waals surface area (Å²) in [5.74, 6) is -1.58. The highest BCUT2D eigenvalue weighted by atomic mass is 16.4. The Morgan fingerprint density at radius 3 is 2.36 bits per heavy atom. The summed E-state index contributed by atoms with van der Waals surface area (Å²) in [4.78, 5) is 23.2. The zero-order valence-electron chi connectivity index (χ0n) is 13.7. The first-order chi connectivity index (χ1) is 10.3. The second-order valence-corrected chi connectivity index (χ2v) is 6.79. The Morgan fingerprint density at radius 2 is 1.86 bits per heavy atom. The van der Waals surface area contributed by atoms with E-state index in [1.807, 2.05) is 0 Å². The van der Waals surface area contributed by atoms with Crippen molar-refractivity contribution in [3.63, 3.8) is 0 Å². The maximum absolute atomic E-state index is 11.9. The van der Waals surface area contributed by atoms with Gasteiger partial charge in [-0.2, -0.15) is 0 Å². The summed E-state index contributed by atoms with van der Waals surface area (Å²) in [5.41, 5.74) is 3.34. The fourth-order valence-corrected chi connectivity index (χ4v) is 3.06. The SMILES string of the molecule is CC(C)[C@@H](N)[C@@](O)(NC(=O)CCCC1CCCCC1)C(=O)O. The van der Waals surface area contributed by atoms with Crippen molar-refractivity contribution in [1.82, 2.24) is 5.32 Å². The molecule has 0 saturated heterocycles. The summed E-state index contributed by atoms with van der Waals surface area (Å²) in [7, 11) is 0. The highest BCUT2D eigenvalue weighted by Gasteiger charge is 2.45. The molecule has 0 aliphatic heterocycles. The highest BCUT2D eigenvalue weighted by Crippen LogP contribution is 2.27. The lowest BCUT2D eigenvalue weighted by atomic mass is 9.86. The van der Waals surface area contributed by atoms with Crippen LogP contribution in [0.1, 0.15) is 65.2 Å². The summed E-state index contributed by atoms with van der Waals surface area (Å²) >= 11 is 0. The van der Waals surface area contributed by atoms with E-state index in [0.29, 0.717) is 12.3 Å². The molecule has 1 amide bonds. The summed E-state index contributed by atoms with van der Waals surface area (Å²) in [6.45, 7) is 3.40. The molecule has 22 heavy (non-hydrogen) atoms. The van der Waals surface area contributed by atoms with Gasteiger partial charge in [-0.25, -0.2) is 4.79 Å². The smallest absolute Gasteiger partial charge is 0.358 e. The lowest BCUT2D eigenvalue weighted by molar-refractivity contribution is -0.170. The number of carbonyl (C=O) groups excluding carboxylic acids is 1. The van der Waals surface area contributed by atoms with E-state index < -0.39 is 23.6 Å². The molecule has 128 valence electrons. The predicted octanol–water partition coefficient (Wildman–Crippen LogP) is 1.61. The Labute approximate surface area is 132 Å². The van der Waals surface area contributed by atoms with Crippen LogP contribution in [0.3, 0.4) is 0 Å². The normalized spacial score (nSPS) is 20.4. The van der Waals surface area contributed by atoms with E-state index in [1.54, 1.807) is 13.8 Å². The van der Waals surface area contributed by atoms with E-state index in [0.717, 1.165) is 6.42 Å². The topological polar surface area (TPSA) is 113 Å². The quantitative estimate of drug-likeness (QED) is 0.508. The van der Waals surface area contributed by atoms with Gasteiger partial charge in [0, 0.05) is 6.42 Å². The lowest BCUT2D eigenvalue weighted by Crippen LogP contribution is -2.66. The van der Waals surface area contributed by atoms with Gasteiger partial charge < -0.3 is 21.3 Å². The average molecular weight is 314 g/mol. The van der Waals surface area contributed by atoms with Crippen molar-refractivity contribution in [2.45, 2.75) is 77.0 Å². The fourth-order valence-electron chi connectivity index (χ4n) is 3.06. The van der Waals surface area contributed by atoms with Crippen LogP contribution < -0.4 is 11.1 Å². The number of aliphatic carboxylic acids is 1. The second kappa shape index (κ2) is 8.48. The molecule has 1 fully saturated rings. The zero-order valence-corrected chi connectivity index (χ0v) is 13.7. The number of aliphatic hydroxyl groups is 1. The number of nitrogens with one attached hydrogen (secondary N) is 1. The molecule has 0 spiro atoms. The summed E-state index contributed by atoms with van der Waals surface area (Å²) in [5, 5.41) is 21.6. The third-order valence-electron chi connectivity index (χ3n) is 4.60. The predicted molar refractivity (Wildman–Crippen MR) is 84.0 cm³/mol. The molecule has 0 aromatic rings. The molecule has 6 heteroatoms. The number of hydrogen-bond acceptors (Lipinski definition) is 4. The number of carboxylic acid groups (broad SMARTS) is 1. The van der Waals surface area contributed by atoms with Gasteiger partial charge in [-0.3, -0.25) is 4.79 Å². The van der Waals surface area contributed by atoms with Crippen LogP contribution >= 0.6 is 0 Å². The Hall–Kier alpha value is -1.14. The van der Waals surface area contributed by atoms with Gasteiger partial charge in [0.1, 0.15) is 0 Å². The first-order valence-corrected chi connectivity index (χ1v) is 8.29. The number of rotatable bonds is 8. The van der Waals surface area contributed by atoms with Gasteiger partial charge >= 0.3 is 5.97 Å². The van der Waals surface area contributed by atoms with E-state index >= 15 is 0 Å². The minimum Gasteiger partial charge on any atom is -0.478 e. The van der Waals surface area contributed by atoms with Crippen molar-refractivity contribution < 1.29 is 19.8 Å². The second-order valence-electron chi connectivity index (χ2n) is 6.79. The molecular formula is C16H30N2O4. The molecule has 0 heterocycles. The molecular weight excluding hydrogens is 284 g/mol. The van der Waals surface area contributed by atoms with Crippen LogP contribution in [-0.2, 0) is 9.59 Å². The molecule has 0 aromatic carbocycles. The van der Waals surface area contributed by atoms with E-state index in [1.165, 1.54) is 32.1 Å². The van der Waals surface area contributed by atoms with Gasteiger partial charge in [0.15, 0.2) is 0 Å². The van der Waals surface area contributed by atoms with Crippen molar-refractivity contribution in [3.05, 3.63) is 0 Å². The number of carbonyl (C=O) groups is 2. The number of nitrogens with two attached hydrogens (primary N) is 1. The molecule has 5 N–H and O–H groups in total. The maximum Gasteiger partial charge on any atom is 0.358 e. The highest BCUT2D eigenvalue weighted by molar-refractivity contribution is 5.86. The van der Waals surface area contributed by atoms with Crippen molar-refractivity contribution in [3.8, 4) is 0 Å². The molecule has 0 aromatic heterocycles. The van der Waals surface area contributed by atoms with Gasteiger partial charge in [0.2, 0.25) is 5.91 Å². The minimum absolute atomic E-state index is 0.219. The number of carboxylic acids is 1. The molecule has 6 nitrogen and oxygen atoms in total. The molecule has 0 radical (unpaired) electrons. The van der Waals surface area contributed by atoms with E-state index in [-0.39, 0.29) is 12.3 Å². The maximum atomic E-state index is 11.9. The van der Waals surface area contributed by atoms with Crippen LogP contribution in [0.15, 0.2) is 0 Å². The molecule has 1 saturated carbocycles. The van der Waals surface area contributed by atoms with Gasteiger partial charge in [-0.05, 0) is 24.7 Å². The van der Waals surface area contributed by atoms with Gasteiger partial charge in [-0.1, -0.05) is 46.0 Å². The lowest BCUT2D eigenvalue weighted by Gasteiger charge is -2.32. The van der Waals surface area contributed by atoms with Crippen LogP contribution in [0.25, 0.3) is 0 Å². The Balaban J connectivity index is 2.44. The Bertz CT molecular complexity index is 380. The fraction of sp³-hybridized carbons (Fsp3) is 0.875. The van der Waals surface area contributed by atoms with Crippen LogP contribution in [0.5, 0.6) is 0 Å². The molecule has 2 atom stereocenters. The van der Waals surface area contributed by atoms with Crippen LogP contribution in [0.4, 0.5) is 0 Å². The number of amides is 1. The minimum atomic E-state index is -2.41. The van der Waals surface area contributed by atoms with Crippen LogP contribution in [0.2, 0.25) is 0 Å². The van der Waals surface area contributed by atoms with Gasteiger partial charge in [0.05, 0.1) is 6.04 Å². The van der Waals surface area contributed by atoms with E-state index in [2.05, 4.69) is 5.32 Å². The molecule has 0 unspecified atom stereocenters. The summed E-state index contributed by atoms with van der Waals surface area (Å²) < 4.78 is 0. The first kappa shape index (κ1) is 18.9. The molecule has 1 rings (SSSR count). The van der Waals surface area contributed by atoms with Crippen LogP contribution in [-0.4, -0.2) is 33.9 Å². The largest absolute Gasteiger partial charge is 0.478 e. The van der Waals surface area contributed by atoms with Gasteiger partial charge in [-0.15, -0.1) is 0 Å². The first-order valence-electron chi connectivity index (χ1n) is 8.29. The van der Waals surface area contributed by atoms with Crippen molar-refractivity contribution in [2.75, 3.05) is 0 Å². The molecule has 0 bridgehead atoms. The molecule has 1 aliphatic carbocycles. The van der Waals surface area contributed by atoms with Crippen LogP contribution in [0, 0.1) is 11.8 Å². The third-order valence-corrected chi connectivity index (χ3v) is 4.60. The summed E-state index contributed by atoms with van der Waals surface area (Å²) in [6.07, 6.45) is 8.18. The standard InChI is InChI=1S/C16H30N2O4/c1-11(2)14(17)16(22,15(20)21)18-13(19)10-6-9-12-7-4-3-5-8-12/h11-12,14,22H,3-10,17H2,1-2H3,(H,18,19)(H,20,21)/t14-,16+/m1/s1. The van der Waals surface area contributed by atoms with Gasteiger partial charge in [0.25, 0.3) is 5.72 Å². The van der Waals surface area contributed by atoms with Crippen molar-refractivity contribution in [2.24, 2.45) is 17.6 Å². The van der Waals surface area contributed by atoms with Crippen molar-refractivity contribution in [1.29, 1.82) is 0 Å². The van der Waals surface area contributed by atoms with E-state index in [4.69, 9.17) is 5.73 Å². The summed E-state index contributed by atoms with van der Waals surface area (Å²) in [6, 6.07) is -1.06. The van der Waals surface area contributed by atoms with E-state index in [9.17, 15) is 19.8 Å². The zero-order chi connectivity index (χ0) is 16.8.